The molecule has 276 valence electrons. The molecule has 8 aromatic rings. The number of hydrogen-bond acceptors (Lipinski definition) is 3. The van der Waals surface area contributed by atoms with Crippen molar-refractivity contribution in [3.8, 4) is 44.9 Å². The molecule has 5 aromatic carbocycles. The van der Waals surface area contributed by atoms with Crippen LogP contribution in [0.1, 0.15) is 79.0 Å². The third-order valence-corrected chi connectivity index (χ3v) is 10.4. The van der Waals surface area contributed by atoms with E-state index in [0.717, 1.165) is 78.2 Å². The molecule has 5 nitrogen and oxygen atoms in total. The summed E-state index contributed by atoms with van der Waals surface area (Å²) in [5.74, 6) is 1.03. The fourth-order valence-electron chi connectivity index (χ4n) is 7.35. The van der Waals surface area contributed by atoms with E-state index in [2.05, 4.69) is 180 Å². The van der Waals surface area contributed by atoms with E-state index in [4.69, 9.17) is 9.97 Å². The van der Waals surface area contributed by atoms with Crippen LogP contribution in [0.5, 0.6) is 5.75 Å². The Bertz CT molecular complexity index is 2680. The normalized spacial score (nSPS) is 12.5. The van der Waals surface area contributed by atoms with Crippen LogP contribution in [0.25, 0.3) is 67.0 Å². The molecule has 0 bridgehead atoms. The quantitative estimate of drug-likeness (QED) is 0.179. The average Bonchev–Trinajstić information content (AvgIpc) is 3.65. The maximum Gasteiger partial charge on any atom is 0.220 e. The number of para-hydroxylation sites is 3. The van der Waals surface area contributed by atoms with E-state index in [1.165, 1.54) is 5.56 Å². The van der Waals surface area contributed by atoms with Gasteiger partial charge in [-0.15, -0.1) is 29.3 Å². The largest absolute Gasteiger partial charge is 0.505 e. The number of aromatic hydroxyl groups is 1. The van der Waals surface area contributed by atoms with Gasteiger partial charge in [-0.05, 0) is 63.3 Å². The topological polar surface area (TPSA) is 55.3 Å². The summed E-state index contributed by atoms with van der Waals surface area (Å²) < 4.78 is 4.37. The summed E-state index contributed by atoms with van der Waals surface area (Å²) in [7, 11) is 0. The zero-order chi connectivity index (χ0) is 37.4. The van der Waals surface area contributed by atoms with Crippen LogP contribution in [0.15, 0.2) is 115 Å². The number of aromatic nitrogens is 4. The Morgan fingerprint density at radius 3 is 1.91 bits per heavy atom. The molecule has 3 aromatic heterocycles. The van der Waals surface area contributed by atoms with E-state index in [1.807, 2.05) is 12.3 Å². The van der Waals surface area contributed by atoms with Crippen molar-refractivity contribution in [1.82, 2.24) is 18.9 Å². The number of benzene rings is 5. The standard InChI is InChI=1S/C48H47N4O.Pt/c1-46(2,3)34-25-32(24-33(26-34)38-27-31(22-23-49-38)30-16-11-10-12-17-30)36-18-15-21-41-43(36)50-45-51(41)39-19-13-14-20-40(39)52(45)42-29-35(47(4,5)6)28-37(44(42)53)48(7,8)9;/h10-23,25-29,53H,1-9H3;/q-1;. The van der Waals surface area contributed by atoms with Crippen molar-refractivity contribution >= 4 is 27.8 Å². The molecule has 0 fully saturated rings. The van der Waals surface area contributed by atoms with Crippen molar-refractivity contribution < 1.29 is 26.2 Å². The Labute approximate surface area is 333 Å². The second-order valence-corrected chi connectivity index (χ2v) is 17.4. The van der Waals surface area contributed by atoms with Gasteiger partial charge in [-0.2, -0.15) is 0 Å². The van der Waals surface area contributed by atoms with E-state index < -0.39 is 0 Å². The van der Waals surface area contributed by atoms with Crippen molar-refractivity contribution in [3.63, 3.8) is 0 Å². The molecule has 8 rings (SSSR count). The van der Waals surface area contributed by atoms with Crippen LogP contribution in [-0.4, -0.2) is 24.0 Å². The van der Waals surface area contributed by atoms with Crippen molar-refractivity contribution in [3.05, 3.63) is 138 Å². The summed E-state index contributed by atoms with van der Waals surface area (Å²) >= 11 is 0. The minimum Gasteiger partial charge on any atom is -0.505 e. The fraction of sp³-hybridized carbons (Fsp3) is 0.250. The predicted molar refractivity (Wildman–Crippen MR) is 220 cm³/mol. The molecular formula is C48H47N4OPt-. The van der Waals surface area contributed by atoms with Gasteiger partial charge in [-0.1, -0.05) is 140 Å². The Balaban J connectivity index is 0.00000450. The molecule has 3 heterocycles. The van der Waals surface area contributed by atoms with Gasteiger partial charge >= 0.3 is 0 Å². The maximum absolute atomic E-state index is 12.1. The summed E-state index contributed by atoms with van der Waals surface area (Å²) in [6.45, 7) is 19.9. The molecule has 0 aliphatic heterocycles. The number of nitrogens with zero attached hydrogens (tertiary/aromatic N) is 4. The molecule has 0 saturated heterocycles. The van der Waals surface area contributed by atoms with Crippen molar-refractivity contribution in [2.24, 2.45) is 0 Å². The number of fused-ring (bicyclic) bond motifs is 5. The molecule has 0 aliphatic carbocycles. The van der Waals surface area contributed by atoms with E-state index in [-0.39, 0.29) is 43.1 Å². The number of imidazole rings is 2. The molecule has 0 aliphatic rings. The van der Waals surface area contributed by atoms with Crippen LogP contribution >= 0.6 is 0 Å². The molecule has 0 spiro atoms. The smallest absolute Gasteiger partial charge is 0.220 e. The van der Waals surface area contributed by atoms with Crippen LogP contribution in [0.2, 0.25) is 0 Å². The van der Waals surface area contributed by atoms with E-state index in [1.54, 1.807) is 0 Å². The Morgan fingerprint density at radius 2 is 1.22 bits per heavy atom. The van der Waals surface area contributed by atoms with Crippen molar-refractivity contribution in [2.75, 3.05) is 0 Å². The third kappa shape index (κ3) is 6.47. The first-order valence-electron chi connectivity index (χ1n) is 18.5. The van der Waals surface area contributed by atoms with Crippen LogP contribution in [0.3, 0.4) is 0 Å². The Hall–Kier alpha value is -4.99. The number of hydrogen-bond donors (Lipinski definition) is 1. The van der Waals surface area contributed by atoms with Gasteiger partial charge < -0.3 is 5.11 Å². The van der Waals surface area contributed by atoms with Crippen molar-refractivity contribution in [2.45, 2.75) is 78.6 Å². The number of phenols is 1. The summed E-state index contributed by atoms with van der Waals surface area (Å²) in [5.41, 5.74) is 13.4. The van der Waals surface area contributed by atoms with Gasteiger partial charge in [0, 0.05) is 38.5 Å². The summed E-state index contributed by atoms with van der Waals surface area (Å²) in [6, 6.07) is 42.0. The molecule has 0 unspecified atom stereocenters. The Kier molecular flexibility index (Phi) is 9.26. The minimum absolute atomic E-state index is 0. The minimum atomic E-state index is -0.270. The van der Waals surface area contributed by atoms with E-state index in [9.17, 15) is 5.11 Å². The van der Waals surface area contributed by atoms with Crippen LogP contribution < -0.4 is 0 Å². The monoisotopic (exact) mass is 890 g/mol. The zero-order valence-electron chi connectivity index (χ0n) is 32.5. The van der Waals surface area contributed by atoms with Gasteiger partial charge in [0.15, 0.2) is 0 Å². The number of pyridine rings is 1. The van der Waals surface area contributed by atoms with E-state index >= 15 is 0 Å². The molecular weight excluding hydrogens is 844 g/mol. The second kappa shape index (κ2) is 13.4. The van der Waals surface area contributed by atoms with Gasteiger partial charge in [0.25, 0.3) is 0 Å². The molecule has 1 N–H and O–H groups in total. The van der Waals surface area contributed by atoms with E-state index in [0.29, 0.717) is 0 Å². The van der Waals surface area contributed by atoms with Gasteiger partial charge in [-0.3, -0.25) is 14.0 Å². The van der Waals surface area contributed by atoms with Gasteiger partial charge in [0.1, 0.15) is 5.75 Å². The first-order chi connectivity index (χ1) is 25.1. The third-order valence-electron chi connectivity index (χ3n) is 10.4. The van der Waals surface area contributed by atoms with Gasteiger partial charge in [-0.25, -0.2) is 4.98 Å². The number of phenolic OH excluding ortho intramolecular Hbond substituents is 1. The first-order valence-corrected chi connectivity index (χ1v) is 18.5. The summed E-state index contributed by atoms with van der Waals surface area (Å²) in [6.07, 6.45) is 1.89. The maximum atomic E-state index is 12.1. The first kappa shape index (κ1) is 37.3. The molecule has 54 heavy (non-hydrogen) atoms. The molecule has 6 heteroatoms. The Morgan fingerprint density at radius 1 is 0.593 bits per heavy atom. The zero-order valence-corrected chi connectivity index (χ0v) is 34.8. The molecule has 0 amide bonds. The fourth-order valence-corrected chi connectivity index (χ4v) is 7.35. The molecule has 0 saturated carbocycles. The molecule has 0 radical (unpaired) electrons. The van der Waals surface area contributed by atoms with Crippen LogP contribution in [0, 0.1) is 6.07 Å². The van der Waals surface area contributed by atoms with Crippen LogP contribution in [0.4, 0.5) is 0 Å². The van der Waals surface area contributed by atoms with Gasteiger partial charge in [0.05, 0.1) is 27.8 Å². The molecule has 0 atom stereocenters. The van der Waals surface area contributed by atoms with Gasteiger partial charge in [0.2, 0.25) is 5.78 Å². The summed E-state index contributed by atoms with van der Waals surface area (Å²) in [4.78, 5) is 10.3. The predicted octanol–water partition coefficient (Wildman–Crippen LogP) is 12.2. The second-order valence-electron chi connectivity index (χ2n) is 17.4. The van der Waals surface area contributed by atoms with Crippen molar-refractivity contribution in [1.29, 1.82) is 0 Å². The SMILES string of the molecule is CC(C)(C)c1cc(-c2cc(-c3ccccc3)ccn2)[c-]c(-c2cccc3c2nc2n(-c4cc(C(C)(C)C)cc(C(C)(C)C)c4O)c4ccccc4n32)c1.[Pt]. The average molecular weight is 891 g/mol. The number of rotatable bonds is 4. The summed E-state index contributed by atoms with van der Waals surface area (Å²) in [5, 5.41) is 12.1. The van der Waals surface area contributed by atoms with Crippen LogP contribution in [-0.2, 0) is 37.3 Å².